The maximum Gasteiger partial charge on any atom is 0.135 e. The van der Waals surface area contributed by atoms with Gasteiger partial charge < -0.3 is 10.2 Å². The molecule has 0 aliphatic heterocycles. The van der Waals surface area contributed by atoms with E-state index < -0.39 is 0 Å². The highest BCUT2D eigenvalue weighted by atomic mass is 16.3. The molecule has 0 unspecified atom stereocenters. The van der Waals surface area contributed by atoms with E-state index in [4.69, 9.17) is 10.2 Å². The number of hydrogen-bond donors (Lipinski definition) is 1. The van der Waals surface area contributed by atoms with Crippen LogP contribution in [0.1, 0.15) is 0 Å². The van der Waals surface area contributed by atoms with E-state index in [0.717, 1.165) is 21.9 Å². The van der Waals surface area contributed by atoms with Crippen LogP contribution in [0.15, 0.2) is 35.3 Å². The van der Waals surface area contributed by atoms with E-state index in [1.54, 1.807) is 6.08 Å². The Morgan fingerprint density at radius 3 is 2.86 bits per heavy atom. The van der Waals surface area contributed by atoms with Crippen LogP contribution >= 0.6 is 0 Å². The van der Waals surface area contributed by atoms with Gasteiger partial charge >= 0.3 is 0 Å². The second-order valence-corrected chi connectivity index (χ2v) is 3.10. The van der Waals surface area contributed by atoms with Gasteiger partial charge in [-0.1, -0.05) is 25.3 Å². The summed E-state index contributed by atoms with van der Waals surface area (Å²) in [6.45, 7) is 7.47. The van der Waals surface area contributed by atoms with Crippen molar-refractivity contribution < 1.29 is 4.42 Å². The molecule has 2 N–H and O–H groups in total. The average Bonchev–Trinajstić information content (AvgIpc) is 2.45. The Labute approximate surface area is 81.6 Å². The van der Waals surface area contributed by atoms with E-state index in [1.807, 2.05) is 24.3 Å². The smallest absolute Gasteiger partial charge is 0.135 e. The molecule has 1 aromatic carbocycles. The fraction of sp³-hybridized carbons (Fsp3) is 0. The highest BCUT2D eigenvalue weighted by molar-refractivity contribution is 5.82. The van der Waals surface area contributed by atoms with Crippen molar-refractivity contribution in [1.29, 1.82) is 0 Å². The molecule has 2 nitrogen and oxygen atoms in total. The van der Waals surface area contributed by atoms with Crippen molar-refractivity contribution in [2.45, 2.75) is 0 Å². The molecule has 2 aromatic rings. The van der Waals surface area contributed by atoms with Crippen molar-refractivity contribution in [2.24, 2.45) is 0 Å². The summed E-state index contributed by atoms with van der Waals surface area (Å²) < 4.78 is 5.46. The lowest BCUT2D eigenvalue weighted by atomic mass is 10.2. The first-order valence-electron chi connectivity index (χ1n) is 4.32. The maximum absolute atomic E-state index is 5.70. The quantitative estimate of drug-likeness (QED) is 0.682. The first-order valence-corrected chi connectivity index (χ1v) is 4.32. The van der Waals surface area contributed by atoms with Gasteiger partial charge in [-0.25, -0.2) is 0 Å². The normalized spacial score (nSPS) is 12.1. The zero-order chi connectivity index (χ0) is 10.1. The largest absolute Gasteiger partial charge is 0.457 e. The van der Waals surface area contributed by atoms with E-state index in [-0.39, 0.29) is 0 Å². The van der Waals surface area contributed by atoms with Gasteiger partial charge in [0.2, 0.25) is 0 Å². The molecule has 0 bridgehead atoms. The van der Waals surface area contributed by atoms with Crippen LogP contribution in [0, 0.1) is 0 Å². The standard InChI is InChI=1S/C12H11NO/c1-3-4-10-8(2)14-12-6-5-9(13)7-11(10)12/h3-7H,1-2,13H2/b10-4+. The molecule has 14 heavy (non-hydrogen) atoms. The zero-order valence-electron chi connectivity index (χ0n) is 7.79. The second kappa shape index (κ2) is 3.07. The SMILES string of the molecule is C=C/C=c1\c(=C)oc2ccc(N)cc12. The van der Waals surface area contributed by atoms with Crippen molar-refractivity contribution in [2.75, 3.05) is 5.73 Å². The number of furan rings is 1. The molecule has 1 aromatic heterocycles. The number of hydrogen-bond acceptors (Lipinski definition) is 2. The van der Waals surface area contributed by atoms with Crippen LogP contribution in [0.5, 0.6) is 0 Å². The Morgan fingerprint density at radius 2 is 2.14 bits per heavy atom. The van der Waals surface area contributed by atoms with Gasteiger partial charge in [0, 0.05) is 16.3 Å². The summed E-state index contributed by atoms with van der Waals surface area (Å²) in [5, 5.41) is 1.93. The van der Waals surface area contributed by atoms with Gasteiger partial charge in [0.05, 0.1) is 0 Å². The third-order valence-electron chi connectivity index (χ3n) is 2.11. The molecule has 2 heteroatoms. The van der Waals surface area contributed by atoms with Gasteiger partial charge in [-0.05, 0) is 18.2 Å². The van der Waals surface area contributed by atoms with Crippen molar-refractivity contribution in [1.82, 2.24) is 0 Å². The fourth-order valence-corrected chi connectivity index (χ4v) is 1.49. The first kappa shape index (κ1) is 8.63. The van der Waals surface area contributed by atoms with Gasteiger partial charge in [-0.15, -0.1) is 0 Å². The number of fused-ring (bicyclic) bond motifs is 1. The molecule has 0 spiro atoms. The maximum atomic E-state index is 5.70. The van der Waals surface area contributed by atoms with E-state index in [0.29, 0.717) is 5.42 Å². The highest BCUT2D eigenvalue weighted by Gasteiger charge is 2.00. The van der Waals surface area contributed by atoms with Crippen molar-refractivity contribution in [3.8, 4) is 0 Å². The molecule has 0 saturated carbocycles. The predicted molar refractivity (Wildman–Crippen MR) is 60.1 cm³/mol. The third-order valence-corrected chi connectivity index (χ3v) is 2.11. The monoisotopic (exact) mass is 185 g/mol. The van der Waals surface area contributed by atoms with Crippen LogP contribution in [0.3, 0.4) is 0 Å². The minimum atomic E-state index is 0.644. The topological polar surface area (TPSA) is 39.2 Å². The molecule has 70 valence electrons. The molecular weight excluding hydrogens is 174 g/mol. The Bertz CT molecular complexity index is 593. The minimum absolute atomic E-state index is 0.644. The van der Waals surface area contributed by atoms with Crippen LogP contribution in [0.25, 0.3) is 23.6 Å². The Morgan fingerprint density at radius 1 is 1.36 bits per heavy atom. The summed E-state index contributed by atoms with van der Waals surface area (Å²) in [6, 6.07) is 5.53. The van der Waals surface area contributed by atoms with Gasteiger partial charge in [-0.2, -0.15) is 0 Å². The molecule has 0 aliphatic carbocycles. The zero-order valence-corrected chi connectivity index (χ0v) is 7.79. The Balaban J connectivity index is 3.01. The van der Waals surface area contributed by atoms with Gasteiger partial charge in [0.25, 0.3) is 0 Å². The van der Waals surface area contributed by atoms with Gasteiger partial charge in [-0.3, -0.25) is 0 Å². The minimum Gasteiger partial charge on any atom is -0.457 e. The summed E-state index contributed by atoms with van der Waals surface area (Å²) in [6.07, 6.45) is 3.58. The van der Waals surface area contributed by atoms with E-state index in [2.05, 4.69) is 13.2 Å². The van der Waals surface area contributed by atoms with E-state index >= 15 is 0 Å². The molecule has 0 amide bonds. The van der Waals surface area contributed by atoms with Crippen LogP contribution in [-0.4, -0.2) is 0 Å². The average molecular weight is 185 g/mol. The van der Waals surface area contributed by atoms with E-state index in [9.17, 15) is 0 Å². The summed E-state index contributed by atoms with van der Waals surface area (Å²) in [4.78, 5) is 0. The lowest BCUT2D eigenvalue weighted by Crippen LogP contribution is -2.17. The molecular formula is C12H11NO. The molecule has 1 heterocycles. The molecule has 0 radical (unpaired) electrons. The van der Waals surface area contributed by atoms with Crippen LogP contribution in [-0.2, 0) is 0 Å². The number of nitrogen functional groups attached to an aromatic ring is 1. The number of allylic oxidation sites excluding steroid dienone is 1. The third kappa shape index (κ3) is 1.21. The second-order valence-electron chi connectivity index (χ2n) is 3.10. The number of nitrogens with two attached hydrogens (primary N) is 1. The Hall–Kier alpha value is -1.96. The highest BCUT2D eigenvalue weighted by Crippen LogP contribution is 2.12. The number of anilines is 1. The van der Waals surface area contributed by atoms with Crippen LogP contribution in [0.4, 0.5) is 5.69 Å². The van der Waals surface area contributed by atoms with Gasteiger partial charge in [0.1, 0.15) is 11.0 Å². The van der Waals surface area contributed by atoms with Crippen molar-refractivity contribution in [3.05, 3.63) is 41.5 Å². The predicted octanol–water partition coefficient (Wildman–Crippen LogP) is 1.39. The molecule has 0 saturated heterocycles. The van der Waals surface area contributed by atoms with Crippen LogP contribution in [0.2, 0.25) is 0 Å². The molecule has 0 aliphatic rings. The van der Waals surface area contributed by atoms with Crippen LogP contribution < -0.4 is 16.4 Å². The number of rotatable bonds is 1. The first-order chi connectivity index (χ1) is 6.72. The van der Waals surface area contributed by atoms with Crippen molar-refractivity contribution in [3.63, 3.8) is 0 Å². The van der Waals surface area contributed by atoms with E-state index in [1.165, 1.54) is 0 Å². The summed E-state index contributed by atoms with van der Waals surface area (Å²) >= 11 is 0. The van der Waals surface area contributed by atoms with Gasteiger partial charge in [0.15, 0.2) is 0 Å². The number of benzene rings is 1. The molecule has 2 rings (SSSR count). The fourth-order valence-electron chi connectivity index (χ4n) is 1.49. The lowest BCUT2D eigenvalue weighted by Gasteiger charge is -1.90. The Kier molecular flexibility index (Phi) is 1.89. The summed E-state index contributed by atoms with van der Waals surface area (Å²) in [5.41, 5.74) is 7.86. The summed E-state index contributed by atoms with van der Waals surface area (Å²) in [5.74, 6) is 0. The lowest BCUT2D eigenvalue weighted by molar-refractivity contribution is 0.577. The summed E-state index contributed by atoms with van der Waals surface area (Å²) in [7, 11) is 0. The molecule has 0 fully saturated rings. The molecule has 0 atom stereocenters. The van der Waals surface area contributed by atoms with Crippen molar-refractivity contribution >= 4 is 29.3 Å².